The van der Waals surface area contributed by atoms with Gasteiger partial charge in [-0.15, -0.1) is 6.58 Å². The van der Waals surface area contributed by atoms with Gasteiger partial charge in [0.05, 0.1) is 24.0 Å². The van der Waals surface area contributed by atoms with E-state index in [-0.39, 0.29) is 6.54 Å². The molecule has 1 aromatic heterocycles. The Morgan fingerprint density at radius 3 is 3.12 bits per heavy atom. The van der Waals surface area contributed by atoms with Crippen molar-refractivity contribution in [3.8, 4) is 11.4 Å². The number of hydrogen-bond acceptors (Lipinski definition) is 5. The van der Waals surface area contributed by atoms with E-state index in [1.54, 1.807) is 12.3 Å². The first-order valence-corrected chi connectivity index (χ1v) is 7.74. The first-order valence-electron chi connectivity index (χ1n) is 7.74. The van der Waals surface area contributed by atoms with Crippen LogP contribution in [0.15, 0.2) is 43.2 Å². The number of aliphatic hydroxyl groups excluding tert-OH is 1. The van der Waals surface area contributed by atoms with Crippen LogP contribution in [0.2, 0.25) is 0 Å². The Hall–Kier alpha value is -2.80. The average Bonchev–Trinajstić information content (AvgIpc) is 3.21. The number of anilines is 1. The van der Waals surface area contributed by atoms with Crippen molar-refractivity contribution < 1.29 is 19.4 Å². The number of fused-ring (bicyclic) bond motifs is 3. The second-order valence-corrected chi connectivity index (χ2v) is 5.75. The third kappa shape index (κ3) is 2.25. The largest absolute Gasteiger partial charge is 0.481 e. The average molecular weight is 327 g/mol. The molecule has 2 aromatic rings. The summed E-state index contributed by atoms with van der Waals surface area (Å²) in [5.74, 6) is 1.42. The van der Waals surface area contributed by atoms with Gasteiger partial charge in [0.15, 0.2) is 11.6 Å². The van der Waals surface area contributed by atoms with E-state index in [0.29, 0.717) is 24.5 Å². The highest BCUT2D eigenvalue weighted by Crippen LogP contribution is 2.40. The number of para-hydroxylation sites is 1. The van der Waals surface area contributed by atoms with Crippen LogP contribution in [0, 0.1) is 0 Å². The summed E-state index contributed by atoms with van der Waals surface area (Å²) < 4.78 is 13.1. The first-order chi connectivity index (χ1) is 11.7. The number of aliphatic hydroxyl groups is 1. The molecule has 7 heteroatoms. The molecule has 1 fully saturated rings. The molecule has 124 valence electrons. The summed E-state index contributed by atoms with van der Waals surface area (Å²) in [6.45, 7) is 4.20. The summed E-state index contributed by atoms with van der Waals surface area (Å²) in [6.07, 6.45) is 3.71. The number of carbonyl (C=O) groups excluding carboxylic acids is 1. The Balaban J connectivity index is 1.68. The van der Waals surface area contributed by atoms with Gasteiger partial charge in [-0.1, -0.05) is 12.1 Å². The van der Waals surface area contributed by atoms with Crippen LogP contribution in [-0.4, -0.2) is 39.5 Å². The Labute approximate surface area is 138 Å². The van der Waals surface area contributed by atoms with Gasteiger partial charge in [-0.3, -0.25) is 9.47 Å². The van der Waals surface area contributed by atoms with Crippen molar-refractivity contribution in [2.24, 2.45) is 0 Å². The van der Waals surface area contributed by atoms with Crippen LogP contribution in [0.4, 0.5) is 10.5 Å². The Morgan fingerprint density at radius 1 is 1.46 bits per heavy atom. The molecule has 2 atom stereocenters. The Kier molecular flexibility index (Phi) is 3.50. The van der Waals surface area contributed by atoms with Crippen LogP contribution in [0.25, 0.3) is 5.69 Å². The van der Waals surface area contributed by atoms with Crippen LogP contribution < -0.4 is 9.64 Å². The van der Waals surface area contributed by atoms with E-state index in [2.05, 4.69) is 11.6 Å². The number of nitrogens with zero attached hydrogens (tertiary/aromatic N) is 3. The molecule has 0 aliphatic carbocycles. The normalized spacial score (nSPS) is 20.0. The predicted molar refractivity (Wildman–Crippen MR) is 86.3 cm³/mol. The third-order valence-electron chi connectivity index (χ3n) is 4.26. The lowest BCUT2D eigenvalue weighted by Crippen LogP contribution is -2.31. The molecule has 7 nitrogen and oxygen atoms in total. The Bertz CT molecular complexity index is 801. The van der Waals surface area contributed by atoms with Crippen molar-refractivity contribution in [2.45, 2.75) is 25.2 Å². The molecule has 1 aromatic carbocycles. The molecule has 0 radical (unpaired) electrons. The van der Waals surface area contributed by atoms with Crippen LogP contribution in [0.5, 0.6) is 5.75 Å². The molecule has 4 rings (SSSR count). The van der Waals surface area contributed by atoms with E-state index >= 15 is 0 Å². The molecule has 1 saturated heterocycles. The van der Waals surface area contributed by atoms with Crippen LogP contribution in [-0.2, 0) is 11.3 Å². The molecule has 1 N–H and O–H groups in total. The van der Waals surface area contributed by atoms with Crippen LogP contribution in [0.1, 0.15) is 12.2 Å². The summed E-state index contributed by atoms with van der Waals surface area (Å²) in [6, 6.07) is 5.58. The van der Waals surface area contributed by atoms with Gasteiger partial charge in [-0.25, -0.2) is 9.78 Å². The van der Waals surface area contributed by atoms with Crippen molar-refractivity contribution in [1.29, 1.82) is 0 Å². The standard InChI is InChI=1S/C17H17N3O4/c1-2-4-13(21)14-9-20(17(22)24-14)12-6-3-5-11-16(12)23-10-15-18-7-8-19(11)15/h2-3,5-8,13-14,21H,1,4,9-10H2/t13?,14-/m1/s1. The second kappa shape index (κ2) is 5.68. The topological polar surface area (TPSA) is 76.8 Å². The van der Waals surface area contributed by atoms with E-state index in [1.807, 2.05) is 29.0 Å². The number of cyclic esters (lactones) is 1. The molecule has 0 bridgehead atoms. The second-order valence-electron chi connectivity index (χ2n) is 5.75. The molecule has 2 aliphatic rings. The Morgan fingerprint density at radius 2 is 2.29 bits per heavy atom. The maximum atomic E-state index is 12.3. The van der Waals surface area contributed by atoms with E-state index in [4.69, 9.17) is 9.47 Å². The van der Waals surface area contributed by atoms with Gasteiger partial charge in [0, 0.05) is 12.4 Å². The van der Waals surface area contributed by atoms with Crippen molar-refractivity contribution in [3.63, 3.8) is 0 Å². The molecule has 0 saturated carbocycles. The maximum absolute atomic E-state index is 12.3. The molecular weight excluding hydrogens is 310 g/mol. The van der Waals surface area contributed by atoms with E-state index in [1.165, 1.54) is 4.90 Å². The molecule has 1 unspecified atom stereocenters. The molecular formula is C17H17N3O4. The maximum Gasteiger partial charge on any atom is 0.414 e. The van der Waals surface area contributed by atoms with Crippen molar-refractivity contribution in [3.05, 3.63) is 49.1 Å². The fourth-order valence-corrected chi connectivity index (χ4v) is 3.06. The van der Waals surface area contributed by atoms with Gasteiger partial charge < -0.3 is 14.6 Å². The minimum Gasteiger partial charge on any atom is -0.481 e. The molecule has 0 spiro atoms. The highest BCUT2D eigenvalue weighted by atomic mass is 16.6. The molecule has 3 heterocycles. The van der Waals surface area contributed by atoms with Gasteiger partial charge in [0.25, 0.3) is 0 Å². The molecule has 1 amide bonds. The minimum atomic E-state index is -0.767. The van der Waals surface area contributed by atoms with E-state index in [9.17, 15) is 9.90 Å². The number of ether oxygens (including phenoxy) is 2. The number of hydrogen-bond donors (Lipinski definition) is 1. The summed E-state index contributed by atoms with van der Waals surface area (Å²) >= 11 is 0. The third-order valence-corrected chi connectivity index (χ3v) is 4.26. The highest BCUT2D eigenvalue weighted by Gasteiger charge is 2.38. The van der Waals surface area contributed by atoms with Gasteiger partial charge in [0.2, 0.25) is 0 Å². The number of carbonyl (C=O) groups is 1. The zero-order valence-corrected chi connectivity index (χ0v) is 13.0. The quantitative estimate of drug-likeness (QED) is 0.870. The van der Waals surface area contributed by atoms with Crippen LogP contribution in [0.3, 0.4) is 0 Å². The highest BCUT2D eigenvalue weighted by molar-refractivity contribution is 5.92. The first kappa shape index (κ1) is 14.8. The zero-order chi connectivity index (χ0) is 16.7. The number of imidazole rings is 1. The fraction of sp³-hybridized carbons (Fsp3) is 0.294. The summed E-state index contributed by atoms with van der Waals surface area (Å²) in [5.41, 5.74) is 1.46. The predicted octanol–water partition coefficient (Wildman–Crippen LogP) is 2.03. The summed E-state index contributed by atoms with van der Waals surface area (Å²) in [5, 5.41) is 10.1. The van der Waals surface area contributed by atoms with E-state index < -0.39 is 18.3 Å². The van der Waals surface area contributed by atoms with Gasteiger partial charge in [-0.05, 0) is 18.6 Å². The lowest BCUT2D eigenvalue weighted by molar-refractivity contribution is 0.0347. The van der Waals surface area contributed by atoms with Crippen molar-refractivity contribution in [1.82, 2.24) is 9.55 Å². The van der Waals surface area contributed by atoms with Gasteiger partial charge >= 0.3 is 6.09 Å². The lowest BCUT2D eigenvalue weighted by Gasteiger charge is -2.24. The van der Waals surface area contributed by atoms with Gasteiger partial charge in [0.1, 0.15) is 12.7 Å². The molecule has 24 heavy (non-hydrogen) atoms. The minimum absolute atomic E-state index is 0.268. The smallest absolute Gasteiger partial charge is 0.414 e. The fourth-order valence-electron chi connectivity index (χ4n) is 3.06. The number of amides is 1. The van der Waals surface area contributed by atoms with E-state index in [0.717, 1.165) is 11.5 Å². The summed E-state index contributed by atoms with van der Waals surface area (Å²) in [7, 11) is 0. The van der Waals surface area contributed by atoms with Gasteiger partial charge in [-0.2, -0.15) is 0 Å². The number of rotatable bonds is 4. The van der Waals surface area contributed by atoms with Crippen molar-refractivity contribution in [2.75, 3.05) is 11.4 Å². The monoisotopic (exact) mass is 327 g/mol. The van der Waals surface area contributed by atoms with Crippen LogP contribution >= 0.6 is 0 Å². The SMILES string of the molecule is C=CCC(O)[C@H]1CN(c2cccc3c2OCc2nccn2-3)C(=O)O1. The number of aromatic nitrogens is 2. The van der Waals surface area contributed by atoms with Crippen molar-refractivity contribution >= 4 is 11.8 Å². The lowest BCUT2D eigenvalue weighted by atomic mass is 10.1. The summed E-state index contributed by atoms with van der Waals surface area (Å²) in [4.78, 5) is 18.0. The number of benzene rings is 1. The zero-order valence-electron chi connectivity index (χ0n) is 13.0. The molecule has 2 aliphatic heterocycles.